The molecule has 2 N–H and O–H groups in total. The van der Waals surface area contributed by atoms with Crippen molar-refractivity contribution in [3.8, 4) is 0 Å². The van der Waals surface area contributed by atoms with Crippen LogP contribution in [0.15, 0.2) is 0 Å². The average Bonchev–Trinajstić information content (AvgIpc) is 2.55. The lowest BCUT2D eigenvalue weighted by Crippen LogP contribution is -2.24. The molecule has 1 heterocycles. The molecule has 0 aromatic heterocycles. The average molecular weight is 330 g/mol. The Balaban J connectivity index is 2.52. The smallest absolute Gasteiger partial charge is 0.379 e. The van der Waals surface area contributed by atoms with E-state index in [1.807, 2.05) is 28.4 Å². The van der Waals surface area contributed by atoms with Crippen LogP contribution in [0.1, 0.15) is 20.3 Å². The molecular weight excluding hydrogens is 309 g/mol. The molecule has 1 aliphatic rings. The van der Waals surface area contributed by atoms with E-state index in [2.05, 4.69) is 4.52 Å². The zero-order valence-electron chi connectivity index (χ0n) is 11.6. The predicted octanol–water partition coefficient (Wildman–Crippen LogP) is 0.662. The topological polar surface area (TPSA) is 85.2 Å². The van der Waals surface area contributed by atoms with E-state index in [0.29, 0.717) is 12.1 Å². The Morgan fingerprint density at radius 2 is 2.11 bits per heavy atom. The molecule has 10 heteroatoms. The van der Waals surface area contributed by atoms with E-state index in [9.17, 15) is 4.57 Å². The SMILES string of the molecule is B[C@@H]1O[C@H](COP(=O)(O)O)C[C@H]1OP(C)(=S)C(C)C. The molecule has 1 saturated heterocycles. The van der Waals surface area contributed by atoms with Gasteiger partial charge in [0, 0.05) is 12.1 Å². The van der Waals surface area contributed by atoms with E-state index >= 15 is 0 Å². The van der Waals surface area contributed by atoms with Gasteiger partial charge in [0.05, 0.1) is 31.1 Å². The van der Waals surface area contributed by atoms with Gasteiger partial charge in [0.2, 0.25) is 0 Å². The van der Waals surface area contributed by atoms with Gasteiger partial charge in [-0.25, -0.2) is 4.57 Å². The van der Waals surface area contributed by atoms with Gasteiger partial charge >= 0.3 is 7.82 Å². The van der Waals surface area contributed by atoms with Crippen LogP contribution in [0.25, 0.3) is 0 Å². The summed E-state index contributed by atoms with van der Waals surface area (Å²) >= 11 is 5.50. The molecule has 0 aliphatic carbocycles. The normalized spacial score (nSPS) is 31.6. The Labute approximate surface area is 119 Å². The molecule has 0 aromatic rings. The highest BCUT2D eigenvalue weighted by Crippen LogP contribution is 2.51. The fourth-order valence-electron chi connectivity index (χ4n) is 1.70. The van der Waals surface area contributed by atoms with E-state index in [1.165, 1.54) is 0 Å². The number of phosphoric acid groups is 1. The quantitative estimate of drug-likeness (QED) is 0.547. The molecule has 112 valence electrons. The largest absolute Gasteiger partial charge is 0.469 e. The summed E-state index contributed by atoms with van der Waals surface area (Å²) in [6.07, 6.45) is -1.83. The van der Waals surface area contributed by atoms with E-state index in [-0.39, 0.29) is 24.8 Å². The number of rotatable bonds is 6. The molecule has 19 heavy (non-hydrogen) atoms. The van der Waals surface area contributed by atoms with Crippen LogP contribution in [-0.2, 0) is 30.2 Å². The van der Waals surface area contributed by atoms with E-state index in [4.69, 9.17) is 30.9 Å². The van der Waals surface area contributed by atoms with Crippen molar-refractivity contribution in [2.75, 3.05) is 13.3 Å². The molecule has 1 fully saturated rings. The summed E-state index contributed by atoms with van der Waals surface area (Å²) in [6, 6.07) is -0.147. The Morgan fingerprint density at radius 3 is 2.58 bits per heavy atom. The van der Waals surface area contributed by atoms with Crippen molar-refractivity contribution in [2.24, 2.45) is 0 Å². The molecule has 0 aromatic carbocycles. The summed E-state index contributed by atoms with van der Waals surface area (Å²) in [5.74, 6) is 0. The van der Waals surface area contributed by atoms with Crippen molar-refractivity contribution in [1.82, 2.24) is 0 Å². The molecule has 4 atom stereocenters. The highest BCUT2D eigenvalue weighted by atomic mass is 32.4. The van der Waals surface area contributed by atoms with Gasteiger partial charge in [0.15, 0.2) is 0 Å². The molecule has 1 rings (SSSR count). The van der Waals surface area contributed by atoms with Crippen LogP contribution < -0.4 is 0 Å². The summed E-state index contributed by atoms with van der Waals surface area (Å²) < 4.78 is 26.7. The summed E-state index contributed by atoms with van der Waals surface area (Å²) in [4.78, 5) is 17.3. The van der Waals surface area contributed by atoms with Crippen LogP contribution in [0.5, 0.6) is 0 Å². The molecule has 6 nitrogen and oxygen atoms in total. The highest BCUT2D eigenvalue weighted by Gasteiger charge is 2.36. The Kier molecular flexibility index (Phi) is 6.25. The fourth-order valence-corrected chi connectivity index (χ4v) is 3.44. The summed E-state index contributed by atoms with van der Waals surface area (Å²) in [5, 5.41) is 0. The first kappa shape index (κ1) is 17.8. The molecule has 1 aliphatic heterocycles. The van der Waals surface area contributed by atoms with E-state index in [1.54, 1.807) is 0 Å². The van der Waals surface area contributed by atoms with Gasteiger partial charge in [0.1, 0.15) is 7.85 Å². The van der Waals surface area contributed by atoms with Gasteiger partial charge in [-0.05, 0) is 6.66 Å². The Hall–Kier alpha value is 0.745. The van der Waals surface area contributed by atoms with Crippen molar-refractivity contribution in [3.05, 3.63) is 0 Å². The van der Waals surface area contributed by atoms with E-state index in [0.717, 1.165) is 0 Å². The third kappa shape index (κ3) is 5.94. The van der Waals surface area contributed by atoms with Crippen molar-refractivity contribution >= 4 is 33.7 Å². The molecular formula is C9H21BO6P2S. The lowest BCUT2D eigenvalue weighted by atomic mass is 9.95. The second-order valence-corrected chi connectivity index (χ2v) is 11.6. The maximum Gasteiger partial charge on any atom is 0.469 e. The minimum absolute atomic E-state index is 0.136. The van der Waals surface area contributed by atoms with Gasteiger partial charge in [0.25, 0.3) is 0 Å². The van der Waals surface area contributed by atoms with Gasteiger partial charge in [-0.15, -0.1) is 0 Å². The van der Waals surface area contributed by atoms with Gasteiger partial charge < -0.3 is 19.0 Å². The van der Waals surface area contributed by atoms with Crippen molar-refractivity contribution in [1.29, 1.82) is 0 Å². The standard InChI is InChI=1S/C9H21BO6P2S/c1-6(2)17(3,19)16-8-4-7(15-9(8)10)5-14-18(11,12)13/h6-9H,4-5,10H2,1-3H3,(H2,11,12,13)/t7-,8+,9+,17?/m0/s1. The predicted molar refractivity (Wildman–Crippen MR) is 80.0 cm³/mol. The van der Waals surface area contributed by atoms with Crippen LogP contribution >= 0.6 is 14.1 Å². The third-order valence-corrected chi connectivity index (χ3v) is 7.71. The van der Waals surface area contributed by atoms with Crippen LogP contribution in [0.2, 0.25) is 0 Å². The lowest BCUT2D eigenvalue weighted by Gasteiger charge is -2.27. The van der Waals surface area contributed by atoms with Crippen LogP contribution in [0.4, 0.5) is 0 Å². The minimum atomic E-state index is -4.45. The zero-order chi connectivity index (χ0) is 14.8. The maximum absolute atomic E-state index is 10.6. The first-order valence-corrected chi connectivity index (χ1v) is 10.9. The van der Waals surface area contributed by atoms with Gasteiger partial charge in [-0.3, -0.25) is 4.52 Å². The van der Waals surface area contributed by atoms with Crippen LogP contribution in [0.3, 0.4) is 0 Å². The second-order valence-electron chi connectivity index (χ2n) is 5.13. The van der Waals surface area contributed by atoms with Crippen molar-refractivity contribution < 1.29 is 28.1 Å². The Morgan fingerprint density at radius 1 is 1.53 bits per heavy atom. The highest BCUT2D eigenvalue weighted by molar-refractivity contribution is 8.12. The number of hydrogen-bond donors (Lipinski definition) is 2. The fraction of sp³-hybridized carbons (Fsp3) is 1.00. The van der Waals surface area contributed by atoms with Crippen molar-refractivity contribution in [2.45, 2.75) is 44.1 Å². The molecule has 1 unspecified atom stereocenters. The minimum Gasteiger partial charge on any atom is -0.379 e. The summed E-state index contributed by atoms with van der Waals surface area (Å²) in [5.41, 5.74) is 0.292. The van der Waals surface area contributed by atoms with Crippen molar-refractivity contribution in [3.63, 3.8) is 0 Å². The summed E-state index contributed by atoms with van der Waals surface area (Å²) in [6.45, 7) is 5.90. The molecule has 0 saturated carbocycles. The first-order chi connectivity index (χ1) is 8.51. The second kappa shape index (κ2) is 6.67. The van der Waals surface area contributed by atoms with Gasteiger partial charge in [-0.1, -0.05) is 25.7 Å². The number of hydrogen-bond acceptors (Lipinski definition) is 5. The molecule has 0 radical (unpaired) electrons. The molecule has 0 amide bonds. The van der Waals surface area contributed by atoms with Gasteiger partial charge in [-0.2, -0.15) is 0 Å². The lowest BCUT2D eigenvalue weighted by molar-refractivity contribution is 0.0325. The van der Waals surface area contributed by atoms with Crippen LogP contribution in [0, 0.1) is 0 Å². The zero-order valence-corrected chi connectivity index (χ0v) is 14.2. The number of phosphoric ester groups is 1. The molecule has 0 bridgehead atoms. The monoisotopic (exact) mass is 330 g/mol. The third-order valence-electron chi connectivity index (χ3n) is 3.14. The van der Waals surface area contributed by atoms with E-state index < -0.39 is 14.1 Å². The maximum atomic E-state index is 10.6. The Bertz CT molecular complexity index is 400. The number of ether oxygens (including phenoxy) is 1. The molecule has 0 spiro atoms. The summed E-state index contributed by atoms with van der Waals surface area (Å²) in [7, 11) is -2.58. The first-order valence-electron chi connectivity index (χ1n) is 6.12. The van der Waals surface area contributed by atoms with Crippen LogP contribution in [-0.4, -0.2) is 54.8 Å².